The lowest BCUT2D eigenvalue weighted by molar-refractivity contribution is 0.415. The predicted molar refractivity (Wildman–Crippen MR) is 108 cm³/mol. The molecule has 4 nitrogen and oxygen atoms in total. The Kier molecular flexibility index (Phi) is 7.47. The van der Waals surface area contributed by atoms with Crippen molar-refractivity contribution >= 4 is 35.6 Å². The van der Waals surface area contributed by atoms with Crippen molar-refractivity contribution in [2.24, 2.45) is 10.7 Å². The molecule has 0 amide bonds. The quantitative estimate of drug-likeness (QED) is 0.415. The van der Waals surface area contributed by atoms with Gasteiger partial charge < -0.3 is 15.8 Å². The number of hydrogen-bond donors (Lipinski definition) is 2. The van der Waals surface area contributed by atoms with Crippen LogP contribution in [0.1, 0.15) is 19.4 Å². The summed E-state index contributed by atoms with van der Waals surface area (Å²) < 4.78 is 18.2. The summed E-state index contributed by atoms with van der Waals surface area (Å²) in [4.78, 5) is 4.39. The zero-order valence-corrected chi connectivity index (χ0v) is 16.4. The highest BCUT2D eigenvalue weighted by Gasteiger charge is 2.20. The summed E-state index contributed by atoms with van der Waals surface area (Å²) in [5.74, 6) is 0.829. The van der Waals surface area contributed by atoms with Crippen molar-refractivity contribution in [3.05, 3.63) is 59.9 Å². The molecule has 24 heavy (non-hydrogen) atoms. The molecule has 0 saturated carbocycles. The van der Waals surface area contributed by atoms with Crippen molar-refractivity contribution < 1.29 is 9.13 Å². The smallest absolute Gasteiger partial charge is 0.193 e. The average molecular weight is 443 g/mol. The van der Waals surface area contributed by atoms with Crippen LogP contribution < -0.4 is 15.8 Å². The Morgan fingerprint density at radius 2 is 1.88 bits per heavy atom. The second-order valence-corrected chi connectivity index (χ2v) is 5.95. The molecule has 0 radical (unpaired) electrons. The normalized spacial score (nSPS) is 11.6. The van der Waals surface area contributed by atoms with Crippen molar-refractivity contribution in [3.8, 4) is 5.75 Å². The molecule has 0 aliphatic carbocycles. The lowest BCUT2D eigenvalue weighted by Crippen LogP contribution is -2.27. The Hall–Kier alpha value is -1.83. The van der Waals surface area contributed by atoms with Crippen LogP contribution in [0.15, 0.2) is 53.5 Å². The Bertz CT molecular complexity index is 687. The molecule has 0 fully saturated rings. The van der Waals surface area contributed by atoms with Gasteiger partial charge in [0, 0.05) is 17.2 Å². The van der Waals surface area contributed by atoms with E-state index < -0.39 is 0 Å². The third-order valence-electron chi connectivity index (χ3n) is 3.61. The van der Waals surface area contributed by atoms with Gasteiger partial charge >= 0.3 is 0 Å². The molecule has 0 saturated heterocycles. The van der Waals surface area contributed by atoms with Crippen LogP contribution in [0.3, 0.4) is 0 Å². The van der Waals surface area contributed by atoms with Crippen LogP contribution in [-0.2, 0) is 5.41 Å². The molecule has 0 atom stereocenters. The summed E-state index contributed by atoms with van der Waals surface area (Å²) in [6, 6.07) is 13.9. The van der Waals surface area contributed by atoms with Gasteiger partial charge in [-0.05, 0) is 29.8 Å². The lowest BCUT2D eigenvalue weighted by Gasteiger charge is -2.23. The lowest BCUT2D eigenvalue weighted by atomic mass is 9.85. The molecular formula is C18H23FIN3O. The minimum atomic E-state index is -0.243. The SMILES string of the molecule is COc1cccc(NC(N)=NCC(C)(C)c2ccc(F)cc2)c1.I. The van der Waals surface area contributed by atoms with E-state index in [1.165, 1.54) is 12.1 Å². The molecule has 2 rings (SSSR count). The fraction of sp³-hybridized carbons (Fsp3) is 0.278. The number of guanidine groups is 1. The fourth-order valence-corrected chi connectivity index (χ4v) is 2.16. The third kappa shape index (κ3) is 5.67. The number of nitrogens with one attached hydrogen (secondary N) is 1. The van der Waals surface area contributed by atoms with Crippen LogP contribution in [0.4, 0.5) is 10.1 Å². The van der Waals surface area contributed by atoms with Crippen molar-refractivity contribution in [1.29, 1.82) is 0 Å². The van der Waals surface area contributed by atoms with Gasteiger partial charge in [-0.15, -0.1) is 24.0 Å². The van der Waals surface area contributed by atoms with E-state index in [-0.39, 0.29) is 35.2 Å². The first-order valence-corrected chi connectivity index (χ1v) is 7.38. The Balaban J connectivity index is 0.00000288. The molecule has 2 aromatic rings. The van der Waals surface area contributed by atoms with E-state index in [9.17, 15) is 4.39 Å². The zero-order chi connectivity index (χ0) is 16.9. The van der Waals surface area contributed by atoms with Crippen LogP contribution in [0.5, 0.6) is 5.75 Å². The minimum Gasteiger partial charge on any atom is -0.497 e. The Morgan fingerprint density at radius 1 is 1.21 bits per heavy atom. The molecule has 3 N–H and O–H groups in total. The average Bonchev–Trinajstić information content (AvgIpc) is 2.54. The van der Waals surface area contributed by atoms with Gasteiger partial charge in [-0.3, -0.25) is 4.99 Å². The van der Waals surface area contributed by atoms with Crippen LogP contribution in [0, 0.1) is 5.82 Å². The number of rotatable bonds is 5. The maximum absolute atomic E-state index is 13.0. The van der Waals surface area contributed by atoms with Gasteiger partial charge in [-0.2, -0.15) is 0 Å². The summed E-state index contributed by atoms with van der Waals surface area (Å²) in [6.07, 6.45) is 0. The Labute approximate surface area is 159 Å². The van der Waals surface area contributed by atoms with Gasteiger partial charge in [0.25, 0.3) is 0 Å². The maximum atomic E-state index is 13.0. The van der Waals surface area contributed by atoms with E-state index in [0.717, 1.165) is 17.0 Å². The molecule has 0 heterocycles. The molecule has 6 heteroatoms. The second kappa shape index (κ2) is 8.86. The predicted octanol–water partition coefficient (Wildman–Crippen LogP) is 4.16. The summed E-state index contributed by atoms with van der Waals surface area (Å²) >= 11 is 0. The maximum Gasteiger partial charge on any atom is 0.193 e. The van der Waals surface area contributed by atoms with E-state index in [2.05, 4.69) is 10.3 Å². The van der Waals surface area contributed by atoms with Gasteiger partial charge in [0.05, 0.1) is 13.7 Å². The van der Waals surface area contributed by atoms with Gasteiger partial charge in [-0.25, -0.2) is 4.39 Å². The largest absolute Gasteiger partial charge is 0.497 e. The van der Waals surface area contributed by atoms with Crippen LogP contribution in [0.25, 0.3) is 0 Å². The first-order valence-electron chi connectivity index (χ1n) is 7.38. The fourth-order valence-electron chi connectivity index (χ4n) is 2.16. The molecule has 0 bridgehead atoms. The zero-order valence-electron chi connectivity index (χ0n) is 14.0. The summed E-state index contributed by atoms with van der Waals surface area (Å²) in [5.41, 5.74) is 7.52. The molecule has 0 spiro atoms. The van der Waals surface area contributed by atoms with Crippen molar-refractivity contribution in [2.75, 3.05) is 19.0 Å². The van der Waals surface area contributed by atoms with E-state index in [1.807, 2.05) is 38.1 Å². The van der Waals surface area contributed by atoms with Crippen LogP contribution in [0.2, 0.25) is 0 Å². The van der Waals surface area contributed by atoms with E-state index in [1.54, 1.807) is 19.2 Å². The number of aliphatic imine (C=N–C) groups is 1. The van der Waals surface area contributed by atoms with Crippen molar-refractivity contribution in [1.82, 2.24) is 0 Å². The number of ether oxygens (including phenoxy) is 1. The van der Waals surface area contributed by atoms with Crippen LogP contribution >= 0.6 is 24.0 Å². The van der Waals surface area contributed by atoms with Gasteiger partial charge in [0.2, 0.25) is 0 Å². The number of anilines is 1. The third-order valence-corrected chi connectivity index (χ3v) is 3.61. The molecular weight excluding hydrogens is 420 g/mol. The standard InChI is InChI=1S/C18H22FN3O.HI/c1-18(2,13-7-9-14(19)10-8-13)12-21-17(20)22-15-5-4-6-16(11-15)23-3;/h4-11H,12H2,1-3H3,(H3,20,21,22);1H. The monoisotopic (exact) mass is 443 g/mol. The summed E-state index contributed by atoms with van der Waals surface area (Å²) in [5, 5.41) is 3.04. The minimum absolute atomic E-state index is 0. The Morgan fingerprint density at radius 3 is 2.50 bits per heavy atom. The highest BCUT2D eigenvalue weighted by atomic mass is 127. The molecule has 0 aliphatic rings. The van der Waals surface area contributed by atoms with E-state index >= 15 is 0 Å². The number of methoxy groups -OCH3 is 1. The molecule has 0 aliphatic heterocycles. The topological polar surface area (TPSA) is 59.6 Å². The van der Waals surface area contributed by atoms with Crippen LogP contribution in [-0.4, -0.2) is 19.6 Å². The number of nitrogens with two attached hydrogens (primary N) is 1. The highest BCUT2D eigenvalue weighted by molar-refractivity contribution is 14.0. The van der Waals surface area contributed by atoms with Gasteiger partial charge in [0.15, 0.2) is 5.96 Å². The number of hydrogen-bond acceptors (Lipinski definition) is 2. The summed E-state index contributed by atoms with van der Waals surface area (Å²) in [6.45, 7) is 4.58. The van der Waals surface area contributed by atoms with Crippen molar-refractivity contribution in [3.63, 3.8) is 0 Å². The molecule has 0 unspecified atom stereocenters. The number of nitrogens with zero attached hydrogens (tertiary/aromatic N) is 1. The van der Waals surface area contributed by atoms with Gasteiger partial charge in [-0.1, -0.05) is 32.0 Å². The number of benzene rings is 2. The second-order valence-electron chi connectivity index (χ2n) is 5.95. The van der Waals surface area contributed by atoms with Crippen molar-refractivity contribution in [2.45, 2.75) is 19.3 Å². The van der Waals surface area contributed by atoms with E-state index in [4.69, 9.17) is 10.5 Å². The summed E-state index contributed by atoms with van der Waals surface area (Å²) in [7, 11) is 1.61. The van der Waals surface area contributed by atoms with E-state index in [0.29, 0.717) is 12.5 Å². The highest BCUT2D eigenvalue weighted by Crippen LogP contribution is 2.24. The first-order chi connectivity index (χ1) is 10.9. The molecule has 2 aromatic carbocycles. The number of halogens is 2. The molecule has 0 aromatic heterocycles. The first kappa shape index (κ1) is 20.2. The molecule has 130 valence electrons. The van der Waals surface area contributed by atoms with Gasteiger partial charge in [0.1, 0.15) is 11.6 Å².